The molecule has 1 heterocycles. The van der Waals surface area contributed by atoms with Crippen molar-refractivity contribution in [3.05, 3.63) is 0 Å². The van der Waals surface area contributed by atoms with Gasteiger partial charge in [-0.2, -0.15) is 0 Å². The molecule has 4 atom stereocenters. The van der Waals surface area contributed by atoms with Crippen LogP contribution in [0.2, 0.25) is 0 Å². The molecule has 3 N–H and O–H groups in total. The van der Waals surface area contributed by atoms with Crippen LogP contribution < -0.4 is 5.73 Å². The summed E-state index contributed by atoms with van der Waals surface area (Å²) in [6, 6.07) is -1.15. The zero-order valence-corrected chi connectivity index (χ0v) is 12.4. The highest BCUT2D eigenvalue weighted by molar-refractivity contribution is 5.88. The molecule has 114 valence electrons. The van der Waals surface area contributed by atoms with Gasteiger partial charge in [0.05, 0.1) is 6.04 Å². The fourth-order valence-corrected chi connectivity index (χ4v) is 3.80. The summed E-state index contributed by atoms with van der Waals surface area (Å²) < 4.78 is 0. The Morgan fingerprint density at radius 2 is 1.95 bits per heavy atom. The van der Waals surface area contributed by atoms with Crippen molar-refractivity contribution in [2.24, 2.45) is 17.6 Å². The number of rotatable bonds is 4. The summed E-state index contributed by atoms with van der Waals surface area (Å²) in [6.45, 7) is 4.05. The molecule has 2 rings (SSSR count). The van der Waals surface area contributed by atoms with Gasteiger partial charge in [-0.1, -0.05) is 26.7 Å². The van der Waals surface area contributed by atoms with Crippen molar-refractivity contribution in [2.75, 3.05) is 0 Å². The van der Waals surface area contributed by atoms with E-state index in [1.54, 1.807) is 4.90 Å². The maximum atomic E-state index is 12.6. The van der Waals surface area contributed by atoms with E-state index in [4.69, 9.17) is 5.73 Å². The molecule has 2 aliphatic rings. The summed E-state index contributed by atoms with van der Waals surface area (Å²) >= 11 is 0. The molecule has 0 radical (unpaired) electrons. The second-order valence-electron chi connectivity index (χ2n) is 6.68. The van der Waals surface area contributed by atoms with Gasteiger partial charge in [-0.25, -0.2) is 4.79 Å². The van der Waals surface area contributed by atoms with Crippen molar-refractivity contribution in [3.63, 3.8) is 0 Å². The second kappa shape index (κ2) is 6.12. The van der Waals surface area contributed by atoms with Crippen molar-refractivity contribution in [3.8, 4) is 0 Å². The van der Waals surface area contributed by atoms with E-state index in [0.29, 0.717) is 24.7 Å². The van der Waals surface area contributed by atoms with E-state index < -0.39 is 18.1 Å². The molecule has 1 aliphatic carbocycles. The minimum absolute atomic E-state index is 0.0931. The minimum Gasteiger partial charge on any atom is -0.480 e. The molecule has 0 spiro atoms. The Balaban J connectivity index is 2.16. The molecule has 4 unspecified atom stereocenters. The molecule has 5 heteroatoms. The SMILES string of the molecule is CC(C)CC(N)C(=O)N1C(C(=O)O)CC2CCCCC21. The largest absolute Gasteiger partial charge is 0.480 e. The molecule has 0 aromatic heterocycles. The second-order valence-corrected chi connectivity index (χ2v) is 6.68. The van der Waals surface area contributed by atoms with Crippen LogP contribution in [0.25, 0.3) is 0 Å². The van der Waals surface area contributed by atoms with E-state index in [0.717, 1.165) is 25.7 Å². The number of amides is 1. The predicted molar refractivity (Wildman–Crippen MR) is 76.1 cm³/mol. The smallest absolute Gasteiger partial charge is 0.326 e. The lowest BCUT2D eigenvalue weighted by molar-refractivity contribution is -0.150. The molecule has 0 aromatic rings. The van der Waals surface area contributed by atoms with E-state index in [1.165, 1.54) is 0 Å². The summed E-state index contributed by atoms with van der Waals surface area (Å²) in [5.41, 5.74) is 6.00. The Bertz CT molecular complexity index is 383. The number of carbonyl (C=O) groups excluding carboxylic acids is 1. The summed E-state index contributed by atoms with van der Waals surface area (Å²) in [6.07, 6.45) is 5.40. The zero-order valence-electron chi connectivity index (χ0n) is 12.4. The molecule has 0 bridgehead atoms. The first-order valence-corrected chi connectivity index (χ1v) is 7.72. The lowest BCUT2D eigenvalue weighted by Gasteiger charge is -2.34. The van der Waals surface area contributed by atoms with Crippen LogP contribution in [0, 0.1) is 11.8 Å². The number of nitrogens with zero attached hydrogens (tertiary/aromatic N) is 1. The lowest BCUT2D eigenvalue weighted by atomic mass is 9.84. The maximum absolute atomic E-state index is 12.6. The quantitative estimate of drug-likeness (QED) is 0.820. The number of hydrogen-bond acceptors (Lipinski definition) is 3. The highest BCUT2D eigenvalue weighted by Crippen LogP contribution is 2.40. The molecular formula is C15H26N2O3. The van der Waals surface area contributed by atoms with E-state index in [2.05, 4.69) is 0 Å². The average Bonchev–Trinajstić information content (AvgIpc) is 2.76. The fourth-order valence-electron chi connectivity index (χ4n) is 3.80. The standard InChI is InChI=1S/C15H26N2O3/c1-9(2)7-11(16)14(18)17-12-6-4-3-5-10(12)8-13(17)15(19)20/h9-13H,3-8,16H2,1-2H3,(H,19,20). The number of carboxylic acids is 1. The Kier molecular flexibility index (Phi) is 4.68. The first kappa shape index (κ1) is 15.3. The van der Waals surface area contributed by atoms with E-state index >= 15 is 0 Å². The van der Waals surface area contributed by atoms with Crippen molar-refractivity contribution in [1.82, 2.24) is 4.90 Å². The van der Waals surface area contributed by atoms with Crippen molar-refractivity contribution in [2.45, 2.75) is 70.5 Å². The van der Waals surface area contributed by atoms with Gasteiger partial charge in [0, 0.05) is 6.04 Å². The van der Waals surface area contributed by atoms with Crippen LogP contribution in [0.4, 0.5) is 0 Å². The van der Waals surface area contributed by atoms with Gasteiger partial charge in [0.1, 0.15) is 6.04 Å². The van der Waals surface area contributed by atoms with Gasteiger partial charge < -0.3 is 15.7 Å². The van der Waals surface area contributed by atoms with Crippen LogP contribution in [0.5, 0.6) is 0 Å². The fraction of sp³-hybridized carbons (Fsp3) is 0.867. The summed E-state index contributed by atoms with van der Waals surface area (Å²) in [5.74, 6) is -0.368. The van der Waals surface area contributed by atoms with Crippen LogP contribution in [0.15, 0.2) is 0 Å². The average molecular weight is 282 g/mol. The number of fused-ring (bicyclic) bond motifs is 1. The van der Waals surface area contributed by atoms with Gasteiger partial charge in [-0.3, -0.25) is 4.79 Å². The zero-order chi connectivity index (χ0) is 14.9. The molecule has 20 heavy (non-hydrogen) atoms. The molecule has 1 saturated heterocycles. The number of likely N-dealkylation sites (tertiary alicyclic amines) is 1. The maximum Gasteiger partial charge on any atom is 0.326 e. The minimum atomic E-state index is -0.885. The van der Waals surface area contributed by atoms with Gasteiger partial charge in [-0.05, 0) is 37.5 Å². The predicted octanol–water partition coefficient (Wildman–Crippen LogP) is 1.60. The van der Waals surface area contributed by atoms with Crippen molar-refractivity contribution < 1.29 is 14.7 Å². The monoisotopic (exact) mass is 282 g/mol. The molecule has 1 saturated carbocycles. The topological polar surface area (TPSA) is 83.6 Å². The van der Waals surface area contributed by atoms with Gasteiger partial charge >= 0.3 is 5.97 Å². The summed E-state index contributed by atoms with van der Waals surface area (Å²) in [4.78, 5) is 25.7. The molecular weight excluding hydrogens is 256 g/mol. The first-order valence-electron chi connectivity index (χ1n) is 7.72. The molecule has 2 fully saturated rings. The normalized spacial score (nSPS) is 31.2. The summed E-state index contributed by atoms with van der Waals surface area (Å²) in [5, 5.41) is 9.41. The third-order valence-corrected chi connectivity index (χ3v) is 4.67. The lowest BCUT2D eigenvalue weighted by Crippen LogP contribution is -2.52. The van der Waals surface area contributed by atoms with Gasteiger partial charge in [0.2, 0.25) is 5.91 Å². The number of nitrogens with two attached hydrogens (primary N) is 1. The Morgan fingerprint density at radius 1 is 1.30 bits per heavy atom. The van der Waals surface area contributed by atoms with E-state index in [1.807, 2.05) is 13.8 Å². The van der Waals surface area contributed by atoms with Crippen LogP contribution in [0.1, 0.15) is 52.4 Å². The number of hydrogen-bond donors (Lipinski definition) is 2. The Hall–Kier alpha value is -1.10. The molecule has 1 aliphatic heterocycles. The van der Waals surface area contributed by atoms with Gasteiger partial charge in [0.15, 0.2) is 0 Å². The van der Waals surface area contributed by atoms with Gasteiger partial charge in [0.25, 0.3) is 0 Å². The van der Waals surface area contributed by atoms with Crippen LogP contribution in [-0.2, 0) is 9.59 Å². The van der Waals surface area contributed by atoms with Crippen LogP contribution in [0.3, 0.4) is 0 Å². The third kappa shape index (κ3) is 2.97. The van der Waals surface area contributed by atoms with Crippen LogP contribution >= 0.6 is 0 Å². The molecule has 5 nitrogen and oxygen atoms in total. The highest BCUT2D eigenvalue weighted by Gasteiger charge is 2.48. The van der Waals surface area contributed by atoms with Crippen LogP contribution in [-0.4, -0.2) is 40.0 Å². The molecule has 0 aromatic carbocycles. The highest BCUT2D eigenvalue weighted by atomic mass is 16.4. The Morgan fingerprint density at radius 3 is 2.55 bits per heavy atom. The number of aliphatic carboxylic acids is 1. The van der Waals surface area contributed by atoms with E-state index in [9.17, 15) is 14.7 Å². The van der Waals surface area contributed by atoms with Crippen molar-refractivity contribution >= 4 is 11.9 Å². The third-order valence-electron chi connectivity index (χ3n) is 4.67. The van der Waals surface area contributed by atoms with Gasteiger partial charge in [-0.15, -0.1) is 0 Å². The number of carboxylic acid groups (broad SMARTS) is 1. The van der Waals surface area contributed by atoms with Crippen molar-refractivity contribution in [1.29, 1.82) is 0 Å². The number of carbonyl (C=O) groups is 2. The first-order chi connectivity index (χ1) is 9.41. The van der Waals surface area contributed by atoms with E-state index in [-0.39, 0.29) is 11.9 Å². The summed E-state index contributed by atoms with van der Waals surface area (Å²) in [7, 11) is 0. The Labute approximate surface area is 120 Å². The molecule has 1 amide bonds.